The minimum absolute atomic E-state index is 0.0690. The van der Waals surface area contributed by atoms with Crippen molar-refractivity contribution >= 4 is 33.4 Å². The van der Waals surface area contributed by atoms with Gasteiger partial charge in [0.1, 0.15) is 5.82 Å². The highest BCUT2D eigenvalue weighted by Crippen LogP contribution is 2.11. The highest BCUT2D eigenvalue weighted by atomic mass is 79.9. The van der Waals surface area contributed by atoms with Crippen LogP contribution in [0.2, 0.25) is 0 Å². The molecule has 0 aliphatic rings. The number of rotatable bonds is 3. The molecule has 3 aromatic rings. The van der Waals surface area contributed by atoms with E-state index in [1.807, 2.05) is 26.0 Å². The third-order valence-electron chi connectivity index (χ3n) is 2.98. The van der Waals surface area contributed by atoms with E-state index in [1.165, 1.54) is 0 Å². The van der Waals surface area contributed by atoms with Gasteiger partial charge in [0.05, 0.1) is 6.42 Å². The Morgan fingerprint density at radius 2 is 2.14 bits per heavy atom. The lowest BCUT2D eigenvalue weighted by Crippen LogP contribution is -2.16. The predicted octanol–water partition coefficient (Wildman–Crippen LogP) is 2.08. The Balaban J connectivity index is 1.76. The Bertz CT molecular complexity index is 842. The number of amides is 1. The fraction of sp³-hybridized carbons (Fsp3) is 0.214. The third-order valence-corrected chi connectivity index (χ3v) is 3.44. The van der Waals surface area contributed by atoms with E-state index in [1.54, 1.807) is 16.8 Å². The van der Waals surface area contributed by atoms with Crippen LogP contribution in [0.3, 0.4) is 0 Å². The highest BCUT2D eigenvalue weighted by Gasteiger charge is 2.12. The number of aromatic nitrogens is 5. The summed E-state index contributed by atoms with van der Waals surface area (Å²) < 4.78 is 2.48. The van der Waals surface area contributed by atoms with Gasteiger partial charge in [-0.3, -0.25) is 4.79 Å². The van der Waals surface area contributed by atoms with Crippen LogP contribution in [0.5, 0.6) is 0 Å². The summed E-state index contributed by atoms with van der Waals surface area (Å²) in [5, 5.41) is 7.01. The summed E-state index contributed by atoms with van der Waals surface area (Å²) in [6.45, 7) is 3.82. The van der Waals surface area contributed by atoms with Gasteiger partial charge in [0.2, 0.25) is 5.91 Å². The number of hydrogen-bond donors (Lipinski definition) is 1. The zero-order valence-corrected chi connectivity index (χ0v) is 13.6. The molecule has 0 saturated carbocycles. The van der Waals surface area contributed by atoms with Crippen molar-refractivity contribution in [3.05, 3.63) is 46.1 Å². The number of carbonyl (C=O) groups is 1. The molecule has 22 heavy (non-hydrogen) atoms. The smallest absolute Gasteiger partial charge is 0.252 e. The van der Waals surface area contributed by atoms with Crippen LogP contribution < -0.4 is 5.32 Å². The summed E-state index contributed by atoms with van der Waals surface area (Å²) in [7, 11) is 0. The molecule has 7 nitrogen and oxygen atoms in total. The number of aryl methyl sites for hydroxylation is 2. The predicted molar refractivity (Wildman–Crippen MR) is 84.5 cm³/mol. The highest BCUT2D eigenvalue weighted by molar-refractivity contribution is 9.10. The van der Waals surface area contributed by atoms with Crippen molar-refractivity contribution < 1.29 is 4.79 Å². The number of fused-ring (bicyclic) bond motifs is 1. The second-order valence-corrected chi connectivity index (χ2v) is 5.78. The molecule has 0 saturated heterocycles. The Kier molecular flexibility index (Phi) is 3.84. The van der Waals surface area contributed by atoms with Gasteiger partial charge in [-0.05, 0) is 48.0 Å². The second-order valence-electron chi connectivity index (χ2n) is 4.87. The van der Waals surface area contributed by atoms with E-state index in [-0.39, 0.29) is 12.3 Å². The molecule has 3 rings (SSSR count). The summed E-state index contributed by atoms with van der Waals surface area (Å²) in [5.74, 6) is 1.19. The molecule has 0 radical (unpaired) electrons. The summed E-state index contributed by atoms with van der Waals surface area (Å²) in [6.07, 6.45) is 1.69. The summed E-state index contributed by atoms with van der Waals surface area (Å²) in [6, 6.07) is 5.44. The largest absolute Gasteiger partial charge is 0.310 e. The van der Waals surface area contributed by atoms with Gasteiger partial charge in [-0.1, -0.05) is 0 Å². The molecule has 0 aliphatic carbocycles. The first-order valence-electron chi connectivity index (χ1n) is 6.62. The minimum Gasteiger partial charge on any atom is -0.310 e. The van der Waals surface area contributed by atoms with Gasteiger partial charge in [-0.15, -0.1) is 5.10 Å². The second kappa shape index (κ2) is 5.80. The molecule has 0 unspecified atom stereocenters. The average molecular weight is 361 g/mol. The first kappa shape index (κ1) is 14.6. The normalized spacial score (nSPS) is 10.9. The van der Waals surface area contributed by atoms with Crippen LogP contribution in [0.1, 0.15) is 17.2 Å². The van der Waals surface area contributed by atoms with Crippen molar-refractivity contribution in [3.63, 3.8) is 0 Å². The van der Waals surface area contributed by atoms with E-state index in [0.29, 0.717) is 17.4 Å². The zero-order chi connectivity index (χ0) is 15.7. The van der Waals surface area contributed by atoms with Crippen LogP contribution in [0.15, 0.2) is 28.9 Å². The third kappa shape index (κ3) is 3.11. The fourth-order valence-corrected chi connectivity index (χ4v) is 2.30. The van der Waals surface area contributed by atoms with Crippen LogP contribution in [0, 0.1) is 13.8 Å². The first-order chi connectivity index (χ1) is 10.5. The zero-order valence-electron chi connectivity index (χ0n) is 12.0. The molecule has 1 N–H and O–H groups in total. The Hall–Kier alpha value is -2.35. The number of pyridine rings is 1. The van der Waals surface area contributed by atoms with Gasteiger partial charge in [-0.2, -0.15) is 4.98 Å². The molecule has 3 heterocycles. The van der Waals surface area contributed by atoms with Crippen molar-refractivity contribution in [2.75, 3.05) is 5.32 Å². The molecule has 0 fully saturated rings. The average Bonchev–Trinajstić information content (AvgIpc) is 2.84. The van der Waals surface area contributed by atoms with Crippen LogP contribution in [-0.4, -0.2) is 30.5 Å². The summed E-state index contributed by atoms with van der Waals surface area (Å²) >= 11 is 3.29. The Labute approximate surface area is 134 Å². The fourth-order valence-electron chi connectivity index (χ4n) is 2.06. The molecule has 3 aromatic heterocycles. The molecule has 0 bridgehead atoms. The lowest BCUT2D eigenvalue weighted by atomic mass is 10.3. The topological polar surface area (TPSA) is 85.1 Å². The van der Waals surface area contributed by atoms with Crippen molar-refractivity contribution in [1.29, 1.82) is 0 Å². The van der Waals surface area contributed by atoms with Crippen molar-refractivity contribution in [3.8, 4) is 0 Å². The Morgan fingerprint density at radius 3 is 2.86 bits per heavy atom. The van der Waals surface area contributed by atoms with Crippen molar-refractivity contribution in [2.24, 2.45) is 0 Å². The molecule has 8 heteroatoms. The number of hydrogen-bond acceptors (Lipinski definition) is 5. The monoisotopic (exact) mass is 360 g/mol. The maximum atomic E-state index is 12.0. The van der Waals surface area contributed by atoms with E-state index < -0.39 is 0 Å². The summed E-state index contributed by atoms with van der Waals surface area (Å²) in [5.41, 5.74) is 1.80. The number of nitrogens with zero attached hydrogens (tertiary/aromatic N) is 5. The number of halogens is 1. The van der Waals surface area contributed by atoms with Crippen LogP contribution in [-0.2, 0) is 11.2 Å². The quantitative estimate of drug-likeness (QED) is 0.772. The number of nitrogens with one attached hydrogen (secondary N) is 1. The van der Waals surface area contributed by atoms with Crippen LogP contribution in [0.4, 0.5) is 5.82 Å². The van der Waals surface area contributed by atoms with Crippen LogP contribution >= 0.6 is 15.9 Å². The maximum absolute atomic E-state index is 12.0. The van der Waals surface area contributed by atoms with Gasteiger partial charge in [-0.25, -0.2) is 14.5 Å². The van der Waals surface area contributed by atoms with Crippen molar-refractivity contribution in [1.82, 2.24) is 24.6 Å². The maximum Gasteiger partial charge on any atom is 0.252 e. The summed E-state index contributed by atoms with van der Waals surface area (Å²) in [4.78, 5) is 24.7. The molecule has 0 aliphatic heterocycles. The lowest BCUT2D eigenvalue weighted by Gasteiger charge is -2.02. The van der Waals surface area contributed by atoms with Crippen molar-refractivity contribution in [2.45, 2.75) is 20.3 Å². The molecular formula is C14H13BrN6O. The lowest BCUT2D eigenvalue weighted by molar-refractivity contribution is -0.115. The Morgan fingerprint density at radius 1 is 1.32 bits per heavy atom. The van der Waals surface area contributed by atoms with E-state index >= 15 is 0 Å². The standard InChI is InChI=1S/C14H13BrN6O/c1-8-5-9(2)21-14(17-8)19-12(20-21)6-13(22)18-11-4-3-10(15)7-16-11/h3-5,7H,6H2,1-2H3,(H,16,18,22). The van der Waals surface area contributed by atoms with Gasteiger partial charge in [0, 0.05) is 22.1 Å². The molecule has 0 atom stereocenters. The molecule has 112 valence electrons. The number of carbonyl (C=O) groups excluding carboxylic acids is 1. The first-order valence-corrected chi connectivity index (χ1v) is 7.42. The molecule has 0 spiro atoms. The molecule has 0 aromatic carbocycles. The van der Waals surface area contributed by atoms with Gasteiger partial charge in [0.25, 0.3) is 5.78 Å². The van der Waals surface area contributed by atoms with E-state index in [2.05, 4.69) is 41.3 Å². The molecular weight excluding hydrogens is 348 g/mol. The van der Waals surface area contributed by atoms with E-state index in [0.717, 1.165) is 15.9 Å². The molecule has 1 amide bonds. The SMILES string of the molecule is Cc1cc(C)n2nc(CC(=O)Nc3ccc(Br)cn3)nc2n1. The van der Waals surface area contributed by atoms with E-state index in [4.69, 9.17) is 0 Å². The van der Waals surface area contributed by atoms with Gasteiger partial charge < -0.3 is 5.32 Å². The number of anilines is 1. The van der Waals surface area contributed by atoms with E-state index in [9.17, 15) is 4.79 Å². The minimum atomic E-state index is -0.222. The van der Waals surface area contributed by atoms with Gasteiger partial charge >= 0.3 is 0 Å². The van der Waals surface area contributed by atoms with Gasteiger partial charge in [0.15, 0.2) is 5.82 Å². The van der Waals surface area contributed by atoms with Crippen LogP contribution in [0.25, 0.3) is 5.78 Å².